The Balaban J connectivity index is 2.09. The molecule has 0 amide bonds. The van der Waals surface area contributed by atoms with Gasteiger partial charge in [-0.15, -0.1) is 0 Å². The highest BCUT2D eigenvalue weighted by Crippen LogP contribution is 2.24. The molecule has 1 aliphatic rings. The third-order valence-corrected chi connectivity index (χ3v) is 4.16. The smallest absolute Gasteiger partial charge is 0.150 e. The molecule has 4 heteroatoms. The Bertz CT molecular complexity index is 363. The monoisotopic (exact) mass is 251 g/mol. The van der Waals surface area contributed by atoms with Crippen LogP contribution in [0.4, 0.5) is 0 Å². The van der Waals surface area contributed by atoms with Gasteiger partial charge in [0.25, 0.3) is 0 Å². The van der Waals surface area contributed by atoms with Crippen molar-refractivity contribution >= 4 is 0 Å². The maximum absolute atomic E-state index is 5.25. The Kier molecular flexibility index (Phi) is 4.07. The van der Waals surface area contributed by atoms with Crippen LogP contribution in [0.15, 0.2) is 16.8 Å². The number of piperazine rings is 1. The lowest BCUT2D eigenvalue weighted by molar-refractivity contribution is 0.0471. The van der Waals surface area contributed by atoms with Crippen LogP contribution in [0.5, 0.6) is 0 Å². The first kappa shape index (κ1) is 13.6. The molecule has 18 heavy (non-hydrogen) atoms. The van der Waals surface area contributed by atoms with Crippen LogP contribution in [0.1, 0.15) is 39.9 Å². The van der Waals surface area contributed by atoms with E-state index in [9.17, 15) is 0 Å². The van der Waals surface area contributed by atoms with E-state index in [1.807, 2.05) is 6.07 Å². The van der Waals surface area contributed by atoms with Crippen LogP contribution in [0.25, 0.3) is 0 Å². The summed E-state index contributed by atoms with van der Waals surface area (Å²) in [6.07, 6.45) is 2.87. The Labute approximate surface area is 110 Å². The minimum atomic E-state index is 0.214. The average molecular weight is 251 g/mol. The highest BCUT2D eigenvalue weighted by molar-refractivity contribution is 4.99. The molecule has 2 atom stereocenters. The Hall–Kier alpha value is -0.870. The third-order valence-electron chi connectivity index (χ3n) is 4.16. The summed E-state index contributed by atoms with van der Waals surface area (Å²) in [6, 6.07) is 2.53. The molecule has 1 N–H and O–H groups in total. The third kappa shape index (κ3) is 2.93. The number of nitrogens with one attached hydrogen (secondary N) is 1. The van der Waals surface area contributed by atoms with Crippen molar-refractivity contribution in [3.8, 4) is 0 Å². The van der Waals surface area contributed by atoms with E-state index >= 15 is 0 Å². The van der Waals surface area contributed by atoms with E-state index in [1.54, 1.807) is 6.20 Å². The molecule has 1 fully saturated rings. The van der Waals surface area contributed by atoms with Crippen molar-refractivity contribution < 1.29 is 4.52 Å². The summed E-state index contributed by atoms with van der Waals surface area (Å²) in [5.41, 5.74) is 0.214. The second kappa shape index (κ2) is 5.41. The van der Waals surface area contributed by atoms with Crippen molar-refractivity contribution in [3.05, 3.63) is 18.0 Å². The Morgan fingerprint density at radius 2 is 2.39 bits per heavy atom. The molecule has 2 unspecified atom stereocenters. The molecular formula is C14H25N3O. The van der Waals surface area contributed by atoms with Crippen LogP contribution in [0, 0.1) is 5.92 Å². The fourth-order valence-electron chi connectivity index (χ4n) is 2.69. The van der Waals surface area contributed by atoms with Gasteiger partial charge in [-0.2, -0.15) is 0 Å². The number of hydrogen-bond acceptors (Lipinski definition) is 4. The van der Waals surface area contributed by atoms with E-state index in [-0.39, 0.29) is 5.54 Å². The van der Waals surface area contributed by atoms with E-state index in [0.29, 0.717) is 12.0 Å². The molecule has 0 bridgehead atoms. The molecule has 1 saturated heterocycles. The number of aromatic nitrogens is 1. The minimum Gasteiger partial charge on any atom is -0.360 e. The Morgan fingerprint density at radius 3 is 2.94 bits per heavy atom. The van der Waals surface area contributed by atoms with Crippen molar-refractivity contribution in [1.82, 2.24) is 15.4 Å². The van der Waals surface area contributed by atoms with E-state index in [2.05, 4.69) is 43.1 Å². The van der Waals surface area contributed by atoms with Gasteiger partial charge in [0.1, 0.15) is 0 Å². The summed E-state index contributed by atoms with van der Waals surface area (Å²) < 4.78 is 5.25. The van der Waals surface area contributed by atoms with Crippen LogP contribution < -0.4 is 5.32 Å². The summed E-state index contributed by atoms with van der Waals surface area (Å²) in [7, 11) is 0. The van der Waals surface area contributed by atoms with Gasteiger partial charge < -0.3 is 9.84 Å². The van der Waals surface area contributed by atoms with Crippen LogP contribution in [0.3, 0.4) is 0 Å². The zero-order valence-corrected chi connectivity index (χ0v) is 11.9. The van der Waals surface area contributed by atoms with Gasteiger partial charge in [0.05, 0.1) is 12.7 Å². The van der Waals surface area contributed by atoms with E-state index in [4.69, 9.17) is 4.52 Å². The van der Waals surface area contributed by atoms with Crippen molar-refractivity contribution in [3.63, 3.8) is 0 Å². The second-order valence-corrected chi connectivity index (χ2v) is 5.99. The van der Waals surface area contributed by atoms with E-state index in [0.717, 1.165) is 31.8 Å². The lowest BCUT2D eigenvalue weighted by atomic mass is 9.90. The molecule has 1 aromatic heterocycles. The molecule has 2 heterocycles. The normalized spacial score (nSPS) is 29.9. The van der Waals surface area contributed by atoms with E-state index < -0.39 is 0 Å². The van der Waals surface area contributed by atoms with E-state index in [1.165, 1.54) is 0 Å². The predicted octanol–water partition coefficient (Wildman–Crippen LogP) is 2.27. The molecular weight excluding hydrogens is 226 g/mol. The standard InChI is InChI=1S/C14H25N3O/c1-5-14(4)10-17(9-12-6-7-16-18-12)13(8-15-14)11(2)3/h6-7,11,13,15H,5,8-10H2,1-4H3. The van der Waals surface area contributed by atoms with Gasteiger partial charge in [-0.1, -0.05) is 25.9 Å². The Morgan fingerprint density at radius 1 is 1.61 bits per heavy atom. The number of hydrogen-bond donors (Lipinski definition) is 1. The summed E-state index contributed by atoms with van der Waals surface area (Å²) in [4.78, 5) is 2.53. The summed E-state index contributed by atoms with van der Waals surface area (Å²) >= 11 is 0. The van der Waals surface area contributed by atoms with Crippen LogP contribution >= 0.6 is 0 Å². The topological polar surface area (TPSA) is 41.3 Å². The zero-order valence-electron chi connectivity index (χ0n) is 11.9. The number of nitrogens with zero attached hydrogens (tertiary/aromatic N) is 2. The lowest BCUT2D eigenvalue weighted by Gasteiger charge is -2.47. The van der Waals surface area contributed by atoms with Gasteiger partial charge >= 0.3 is 0 Å². The largest absolute Gasteiger partial charge is 0.360 e. The van der Waals surface area contributed by atoms with Crippen molar-refractivity contribution in [2.24, 2.45) is 5.92 Å². The van der Waals surface area contributed by atoms with Crippen LogP contribution in [-0.4, -0.2) is 34.7 Å². The molecule has 2 rings (SSSR count). The molecule has 102 valence electrons. The second-order valence-electron chi connectivity index (χ2n) is 5.99. The van der Waals surface area contributed by atoms with Gasteiger partial charge in [0.15, 0.2) is 5.76 Å². The average Bonchev–Trinajstić information content (AvgIpc) is 2.81. The fraction of sp³-hybridized carbons (Fsp3) is 0.786. The molecule has 0 aliphatic carbocycles. The molecule has 1 aliphatic heterocycles. The van der Waals surface area contributed by atoms with Crippen LogP contribution in [-0.2, 0) is 6.54 Å². The maximum Gasteiger partial charge on any atom is 0.150 e. The number of rotatable bonds is 4. The van der Waals surface area contributed by atoms with Crippen LogP contribution in [0.2, 0.25) is 0 Å². The SMILES string of the molecule is CCC1(C)CN(Cc2ccno2)C(C(C)C)CN1. The van der Waals surface area contributed by atoms with Gasteiger partial charge in [-0.05, 0) is 19.3 Å². The highest BCUT2D eigenvalue weighted by Gasteiger charge is 2.36. The molecule has 0 radical (unpaired) electrons. The molecule has 0 spiro atoms. The molecule has 0 aromatic carbocycles. The maximum atomic E-state index is 5.25. The summed E-state index contributed by atoms with van der Waals surface area (Å²) in [6.45, 7) is 12.1. The summed E-state index contributed by atoms with van der Waals surface area (Å²) in [5.74, 6) is 1.60. The first-order valence-corrected chi connectivity index (χ1v) is 6.93. The summed E-state index contributed by atoms with van der Waals surface area (Å²) in [5, 5.41) is 7.50. The zero-order chi connectivity index (χ0) is 13.2. The van der Waals surface area contributed by atoms with Gasteiger partial charge in [0.2, 0.25) is 0 Å². The quantitative estimate of drug-likeness (QED) is 0.891. The van der Waals surface area contributed by atoms with Gasteiger partial charge in [-0.25, -0.2) is 0 Å². The molecule has 0 saturated carbocycles. The first-order chi connectivity index (χ1) is 8.54. The van der Waals surface area contributed by atoms with Crippen molar-refractivity contribution in [2.45, 2.75) is 52.2 Å². The molecule has 4 nitrogen and oxygen atoms in total. The minimum absolute atomic E-state index is 0.214. The van der Waals surface area contributed by atoms with Gasteiger partial charge in [0, 0.05) is 30.7 Å². The fourth-order valence-corrected chi connectivity index (χ4v) is 2.69. The molecule has 1 aromatic rings. The first-order valence-electron chi connectivity index (χ1n) is 6.93. The lowest BCUT2D eigenvalue weighted by Crippen LogP contribution is -2.63. The van der Waals surface area contributed by atoms with Crippen molar-refractivity contribution in [2.75, 3.05) is 13.1 Å². The van der Waals surface area contributed by atoms with Gasteiger partial charge in [-0.3, -0.25) is 4.90 Å². The predicted molar refractivity (Wildman–Crippen MR) is 72.2 cm³/mol. The van der Waals surface area contributed by atoms with Crippen molar-refractivity contribution in [1.29, 1.82) is 0 Å². The highest BCUT2D eigenvalue weighted by atomic mass is 16.5.